The van der Waals surface area contributed by atoms with E-state index in [1.807, 2.05) is 11.3 Å². The van der Waals surface area contributed by atoms with Crippen molar-refractivity contribution in [2.75, 3.05) is 4.90 Å². The Morgan fingerprint density at radius 2 is 1.08 bits per heavy atom. The van der Waals surface area contributed by atoms with Crippen LogP contribution in [0.3, 0.4) is 0 Å². The van der Waals surface area contributed by atoms with Gasteiger partial charge in [0.05, 0.1) is 11.0 Å². The summed E-state index contributed by atoms with van der Waals surface area (Å²) in [6.45, 7) is 9.66. The molecule has 2 aromatic heterocycles. The maximum absolute atomic E-state index is 2.50. The summed E-state index contributed by atoms with van der Waals surface area (Å²) >= 11 is 1.88. The first-order valence-corrected chi connectivity index (χ1v) is 21.7. The van der Waals surface area contributed by atoms with E-state index in [0.717, 1.165) is 17.1 Å². The summed E-state index contributed by atoms with van der Waals surface area (Å²) < 4.78 is 5.16. The fourth-order valence-electron chi connectivity index (χ4n) is 9.76. The maximum Gasteiger partial charge on any atom is 0.0561 e. The van der Waals surface area contributed by atoms with Gasteiger partial charge in [0, 0.05) is 53.7 Å². The maximum atomic E-state index is 2.50. The topological polar surface area (TPSA) is 8.17 Å². The average molecular weight is 779 g/mol. The predicted molar refractivity (Wildman–Crippen MR) is 255 cm³/mol. The van der Waals surface area contributed by atoms with Crippen LogP contribution in [0.1, 0.15) is 51.7 Å². The van der Waals surface area contributed by atoms with E-state index < -0.39 is 0 Å². The number of benzene rings is 8. The molecular formula is C56H46N2S. The van der Waals surface area contributed by atoms with E-state index in [2.05, 4.69) is 219 Å². The van der Waals surface area contributed by atoms with Crippen LogP contribution < -0.4 is 4.90 Å². The minimum Gasteiger partial charge on any atom is -0.310 e. The summed E-state index contributed by atoms with van der Waals surface area (Å²) in [6, 6.07) is 67.5. The van der Waals surface area contributed by atoms with Gasteiger partial charge in [0.25, 0.3) is 0 Å². The van der Waals surface area contributed by atoms with Gasteiger partial charge >= 0.3 is 0 Å². The van der Waals surface area contributed by atoms with Crippen molar-refractivity contribution in [3.05, 3.63) is 193 Å². The fourth-order valence-corrected chi connectivity index (χ4v) is 11.0. The van der Waals surface area contributed by atoms with Gasteiger partial charge in [-0.15, -0.1) is 11.3 Å². The number of thiophene rings is 1. The molecule has 2 heterocycles. The lowest BCUT2D eigenvalue weighted by Gasteiger charge is -2.42. The molecule has 0 unspecified atom stereocenters. The normalized spacial score (nSPS) is 14.6. The van der Waals surface area contributed by atoms with Gasteiger partial charge in [0.2, 0.25) is 0 Å². The highest BCUT2D eigenvalue weighted by molar-refractivity contribution is 7.26. The molecule has 1 aliphatic carbocycles. The van der Waals surface area contributed by atoms with Gasteiger partial charge in [0.1, 0.15) is 0 Å². The third-order valence-corrected chi connectivity index (χ3v) is 14.3. The standard InChI is InChI=1S/C56H46N2S/c1-55(2)32-33-56(3,4)50-35-42(29-31-49(50)55)58-51-22-10-8-18-45(51)46-30-28-43(36-52(46)58)57(41-17-12-16-39(34-41)37-14-6-5-7-15-37)40-26-24-38(25-27-40)44-20-13-21-48-47-19-9-11-23-53(47)59-54(44)48/h5-31,34-36H,32-33H2,1-4H3. The second kappa shape index (κ2) is 13.6. The molecule has 0 atom stereocenters. The van der Waals surface area contributed by atoms with Crippen LogP contribution in [0.25, 0.3) is 69.9 Å². The molecule has 0 N–H and O–H groups in total. The van der Waals surface area contributed by atoms with Crippen molar-refractivity contribution < 1.29 is 0 Å². The third-order valence-electron chi connectivity index (χ3n) is 13.1. The van der Waals surface area contributed by atoms with Crippen LogP contribution in [0.4, 0.5) is 17.1 Å². The predicted octanol–water partition coefficient (Wildman–Crippen LogP) is 16.3. The second-order valence-electron chi connectivity index (χ2n) is 17.6. The molecule has 0 bridgehead atoms. The highest BCUT2D eigenvalue weighted by Gasteiger charge is 2.37. The Kier molecular flexibility index (Phi) is 8.22. The van der Waals surface area contributed by atoms with E-state index in [1.165, 1.54) is 93.9 Å². The van der Waals surface area contributed by atoms with Crippen molar-refractivity contribution in [3.63, 3.8) is 0 Å². The summed E-state index contributed by atoms with van der Waals surface area (Å²) in [5, 5.41) is 5.17. The molecule has 1 aliphatic rings. The monoisotopic (exact) mass is 778 g/mol. The summed E-state index contributed by atoms with van der Waals surface area (Å²) in [4.78, 5) is 2.43. The minimum atomic E-state index is 0.111. The molecule has 0 saturated carbocycles. The van der Waals surface area contributed by atoms with E-state index in [-0.39, 0.29) is 10.8 Å². The largest absolute Gasteiger partial charge is 0.310 e. The Balaban J connectivity index is 1.10. The number of hydrogen-bond acceptors (Lipinski definition) is 2. The fraction of sp³-hybridized carbons (Fsp3) is 0.143. The molecule has 8 aromatic carbocycles. The Morgan fingerprint density at radius 3 is 1.92 bits per heavy atom. The van der Waals surface area contributed by atoms with Crippen molar-refractivity contribution in [2.45, 2.75) is 51.4 Å². The number of hydrogen-bond donors (Lipinski definition) is 0. The lowest BCUT2D eigenvalue weighted by Crippen LogP contribution is -2.33. The van der Waals surface area contributed by atoms with Crippen molar-refractivity contribution in [1.29, 1.82) is 0 Å². The van der Waals surface area contributed by atoms with Crippen LogP contribution in [-0.2, 0) is 10.8 Å². The third kappa shape index (κ3) is 5.90. The first-order chi connectivity index (χ1) is 28.7. The number of nitrogens with zero attached hydrogens (tertiary/aromatic N) is 2. The second-order valence-corrected chi connectivity index (χ2v) is 18.7. The first kappa shape index (κ1) is 35.7. The lowest BCUT2D eigenvalue weighted by atomic mass is 9.63. The van der Waals surface area contributed by atoms with Crippen molar-refractivity contribution in [2.24, 2.45) is 0 Å². The van der Waals surface area contributed by atoms with Crippen LogP contribution in [0.2, 0.25) is 0 Å². The van der Waals surface area contributed by atoms with Crippen molar-refractivity contribution in [1.82, 2.24) is 4.57 Å². The summed E-state index contributed by atoms with van der Waals surface area (Å²) in [6.07, 6.45) is 2.39. The van der Waals surface area contributed by atoms with Crippen LogP contribution in [0, 0.1) is 0 Å². The zero-order valence-electron chi connectivity index (χ0n) is 34.0. The number of para-hydroxylation sites is 1. The van der Waals surface area contributed by atoms with Gasteiger partial charge in [-0.2, -0.15) is 0 Å². The van der Waals surface area contributed by atoms with Gasteiger partial charge in [0.15, 0.2) is 0 Å². The number of fused-ring (bicyclic) bond motifs is 7. The van der Waals surface area contributed by atoms with E-state index in [9.17, 15) is 0 Å². The molecule has 10 aromatic rings. The molecule has 2 nitrogen and oxygen atoms in total. The number of anilines is 3. The van der Waals surface area contributed by atoms with E-state index in [1.54, 1.807) is 0 Å². The molecule has 0 spiro atoms. The Morgan fingerprint density at radius 1 is 0.441 bits per heavy atom. The quantitative estimate of drug-likeness (QED) is 0.163. The van der Waals surface area contributed by atoms with Crippen LogP contribution in [0.5, 0.6) is 0 Å². The summed E-state index contributed by atoms with van der Waals surface area (Å²) in [5.74, 6) is 0. The smallest absolute Gasteiger partial charge is 0.0561 e. The molecule has 3 heteroatoms. The molecule has 0 aliphatic heterocycles. The van der Waals surface area contributed by atoms with Crippen molar-refractivity contribution in [3.8, 4) is 27.9 Å². The van der Waals surface area contributed by atoms with Crippen LogP contribution >= 0.6 is 11.3 Å². The van der Waals surface area contributed by atoms with Gasteiger partial charge in [-0.05, 0) is 118 Å². The van der Waals surface area contributed by atoms with Crippen LogP contribution in [0.15, 0.2) is 182 Å². The molecule has 0 fully saturated rings. The highest BCUT2D eigenvalue weighted by atomic mass is 32.1. The number of rotatable bonds is 6. The highest BCUT2D eigenvalue weighted by Crippen LogP contribution is 2.48. The first-order valence-electron chi connectivity index (χ1n) is 20.9. The number of aromatic nitrogens is 1. The van der Waals surface area contributed by atoms with Gasteiger partial charge in [-0.25, -0.2) is 0 Å². The molecule has 286 valence electrons. The molecule has 0 radical (unpaired) electrons. The Hall–Kier alpha value is -6.42. The SMILES string of the molecule is CC1(C)CCC(C)(C)c2cc(-n3c4ccccc4c4ccc(N(c5ccc(-c6cccc7c6sc6ccccc67)cc5)c5cccc(-c6ccccc6)c5)cc43)ccc21. The Labute approximate surface area is 350 Å². The molecule has 59 heavy (non-hydrogen) atoms. The zero-order valence-corrected chi connectivity index (χ0v) is 34.9. The lowest BCUT2D eigenvalue weighted by molar-refractivity contribution is 0.332. The van der Waals surface area contributed by atoms with E-state index in [4.69, 9.17) is 0 Å². The van der Waals surface area contributed by atoms with Gasteiger partial charge in [-0.3, -0.25) is 0 Å². The molecule has 0 amide bonds. The zero-order chi connectivity index (χ0) is 39.9. The van der Waals surface area contributed by atoms with Gasteiger partial charge in [-0.1, -0.05) is 149 Å². The molecule has 0 saturated heterocycles. The Bertz CT molecular complexity index is 3220. The average Bonchev–Trinajstić information content (AvgIpc) is 3.82. The van der Waals surface area contributed by atoms with Crippen LogP contribution in [-0.4, -0.2) is 4.57 Å². The minimum absolute atomic E-state index is 0.111. The van der Waals surface area contributed by atoms with Gasteiger partial charge < -0.3 is 9.47 Å². The van der Waals surface area contributed by atoms with E-state index >= 15 is 0 Å². The molecule has 11 rings (SSSR count). The molecular weight excluding hydrogens is 733 g/mol. The van der Waals surface area contributed by atoms with Crippen molar-refractivity contribution >= 4 is 70.4 Å². The summed E-state index contributed by atoms with van der Waals surface area (Å²) in [5.41, 5.74) is 15.1. The summed E-state index contributed by atoms with van der Waals surface area (Å²) in [7, 11) is 0. The van der Waals surface area contributed by atoms with E-state index in [0.29, 0.717) is 0 Å².